The molecule has 3 heterocycles. The van der Waals surface area contributed by atoms with Crippen LogP contribution in [0.3, 0.4) is 0 Å². The Morgan fingerprint density at radius 1 is 1.06 bits per heavy atom. The van der Waals surface area contributed by atoms with Gasteiger partial charge in [-0.2, -0.15) is 0 Å². The van der Waals surface area contributed by atoms with E-state index < -0.39 is 0 Å². The van der Waals surface area contributed by atoms with Gasteiger partial charge in [-0.15, -0.1) is 11.6 Å². The number of carbonyl (C=O) groups is 1. The van der Waals surface area contributed by atoms with Crippen molar-refractivity contribution in [1.82, 2.24) is 10.2 Å². The number of ketones is 1. The Morgan fingerprint density at radius 3 is 2.28 bits per heavy atom. The van der Waals surface area contributed by atoms with Gasteiger partial charge in [-0.25, -0.2) is 0 Å². The average Bonchev–Trinajstić information content (AvgIpc) is 2.63. The van der Waals surface area contributed by atoms with Crippen LogP contribution in [0.2, 0.25) is 0 Å². The first-order chi connectivity index (χ1) is 8.79. The summed E-state index contributed by atoms with van der Waals surface area (Å²) >= 11 is 5.54. The van der Waals surface area contributed by atoms with Crippen LogP contribution in [-0.2, 0) is 4.79 Å². The van der Waals surface area contributed by atoms with Crippen LogP contribution < -0.4 is 5.32 Å². The second-order valence-electron chi connectivity index (χ2n) is 5.59. The lowest BCUT2D eigenvalue weighted by atomic mass is 9.81. The van der Waals surface area contributed by atoms with Gasteiger partial charge in [0.15, 0.2) is 5.78 Å². The fourth-order valence-electron chi connectivity index (χ4n) is 3.27. The van der Waals surface area contributed by atoms with Crippen LogP contribution >= 0.6 is 11.6 Å². The molecular formula is C14H25ClN2O. The molecule has 3 saturated heterocycles. The maximum Gasteiger partial charge on any atom is 0.167 e. The molecule has 4 heteroatoms. The van der Waals surface area contributed by atoms with Crippen LogP contribution in [-0.4, -0.2) is 48.3 Å². The number of fused-ring (bicyclic) bond motifs is 1. The van der Waals surface area contributed by atoms with Crippen molar-refractivity contribution < 1.29 is 4.79 Å². The molecule has 0 saturated carbocycles. The first kappa shape index (κ1) is 14.3. The summed E-state index contributed by atoms with van der Waals surface area (Å²) in [7, 11) is 0. The quantitative estimate of drug-likeness (QED) is 0.782. The molecule has 3 aliphatic heterocycles. The van der Waals surface area contributed by atoms with Gasteiger partial charge in [0.05, 0.1) is 11.4 Å². The van der Waals surface area contributed by atoms with Crippen LogP contribution in [0.25, 0.3) is 0 Å². The van der Waals surface area contributed by atoms with Gasteiger partial charge >= 0.3 is 0 Å². The molecule has 104 valence electrons. The molecule has 1 unspecified atom stereocenters. The molecular weight excluding hydrogens is 248 g/mol. The molecule has 3 aliphatic rings. The predicted octanol–water partition coefficient (Wildman–Crippen LogP) is 2.18. The Balaban J connectivity index is 0.000000149. The largest absolute Gasteiger partial charge is 0.317 e. The van der Waals surface area contributed by atoms with Gasteiger partial charge in [0.1, 0.15) is 0 Å². The first-order valence-electron chi connectivity index (χ1n) is 7.35. The highest BCUT2D eigenvalue weighted by molar-refractivity contribution is 6.29. The van der Waals surface area contributed by atoms with Gasteiger partial charge in [0.25, 0.3) is 0 Å². The molecule has 0 aromatic heterocycles. The van der Waals surface area contributed by atoms with E-state index in [1.54, 1.807) is 0 Å². The van der Waals surface area contributed by atoms with Crippen LogP contribution in [0.15, 0.2) is 0 Å². The summed E-state index contributed by atoms with van der Waals surface area (Å²) in [6.07, 6.45) is 8.90. The predicted molar refractivity (Wildman–Crippen MR) is 75.2 cm³/mol. The maximum atomic E-state index is 11.4. The Morgan fingerprint density at radius 2 is 1.78 bits per heavy atom. The third kappa shape index (κ3) is 3.06. The molecule has 1 atom stereocenters. The lowest BCUT2D eigenvalue weighted by Crippen LogP contribution is -2.61. The van der Waals surface area contributed by atoms with E-state index in [1.807, 2.05) is 0 Å². The number of carbonyl (C=O) groups excluding carboxylic acids is 1. The van der Waals surface area contributed by atoms with E-state index in [2.05, 4.69) is 10.2 Å². The lowest BCUT2D eigenvalue weighted by molar-refractivity contribution is -0.133. The van der Waals surface area contributed by atoms with Crippen LogP contribution in [0.4, 0.5) is 0 Å². The van der Waals surface area contributed by atoms with Crippen LogP contribution in [0.1, 0.15) is 44.9 Å². The molecule has 3 fully saturated rings. The number of halogens is 1. The Bertz CT molecular complexity index is 265. The van der Waals surface area contributed by atoms with Crippen LogP contribution in [0.5, 0.6) is 0 Å². The van der Waals surface area contributed by atoms with Gasteiger partial charge < -0.3 is 5.32 Å². The summed E-state index contributed by atoms with van der Waals surface area (Å²) in [4.78, 5) is 13.7. The summed E-state index contributed by atoms with van der Waals surface area (Å²) in [6, 6.07) is 0. The van der Waals surface area contributed by atoms with Crippen molar-refractivity contribution >= 4 is 17.4 Å². The molecule has 0 aliphatic carbocycles. The zero-order chi connectivity index (χ0) is 12.8. The van der Waals surface area contributed by atoms with E-state index in [0.717, 1.165) is 25.9 Å². The Kier molecular flexibility index (Phi) is 5.46. The summed E-state index contributed by atoms with van der Waals surface area (Å²) in [6.45, 7) is 4.70. The monoisotopic (exact) mass is 272 g/mol. The smallest absolute Gasteiger partial charge is 0.167 e. The minimum absolute atomic E-state index is 0.0955. The minimum Gasteiger partial charge on any atom is -0.317 e. The lowest BCUT2D eigenvalue weighted by Gasteiger charge is -2.46. The average molecular weight is 273 g/mol. The van der Waals surface area contributed by atoms with Gasteiger partial charge in [0.2, 0.25) is 0 Å². The SMILES string of the molecule is C1CCCNCC1.O=C(CCl)C12CCCN1CC2. The summed E-state index contributed by atoms with van der Waals surface area (Å²) in [5.74, 6) is 0.430. The van der Waals surface area contributed by atoms with Crippen molar-refractivity contribution in [3.8, 4) is 0 Å². The van der Waals surface area contributed by atoms with E-state index in [0.29, 0.717) is 0 Å². The number of alkyl halides is 1. The van der Waals surface area contributed by atoms with Crippen molar-refractivity contribution in [2.75, 3.05) is 32.1 Å². The molecule has 0 bridgehead atoms. The number of Topliss-reactive ketones (excluding diaryl/α,β-unsaturated/α-hetero) is 1. The van der Waals surface area contributed by atoms with E-state index in [4.69, 9.17) is 11.6 Å². The standard InChI is InChI=1S/C8H12ClNO.C6H13N/c9-6-7(11)8-2-1-4-10(8)5-3-8;1-2-4-6-7-5-3-1/h1-6H2;7H,1-6H2. The second-order valence-corrected chi connectivity index (χ2v) is 5.86. The topological polar surface area (TPSA) is 32.3 Å². The van der Waals surface area contributed by atoms with Crippen molar-refractivity contribution in [1.29, 1.82) is 0 Å². The van der Waals surface area contributed by atoms with Gasteiger partial charge in [-0.3, -0.25) is 9.69 Å². The number of hydrogen-bond donors (Lipinski definition) is 1. The van der Waals surface area contributed by atoms with E-state index >= 15 is 0 Å². The van der Waals surface area contributed by atoms with E-state index in [1.165, 1.54) is 45.2 Å². The first-order valence-corrected chi connectivity index (χ1v) is 7.88. The van der Waals surface area contributed by atoms with Gasteiger partial charge in [-0.05, 0) is 51.7 Å². The maximum absolute atomic E-state index is 11.4. The Hall–Kier alpha value is -0.120. The Labute approximate surface area is 115 Å². The second kappa shape index (κ2) is 6.88. The third-order valence-corrected chi connectivity index (χ3v) is 4.76. The molecule has 0 amide bonds. The highest BCUT2D eigenvalue weighted by Crippen LogP contribution is 2.41. The summed E-state index contributed by atoms with van der Waals surface area (Å²) in [5.41, 5.74) is -0.0955. The van der Waals surface area contributed by atoms with E-state index in [-0.39, 0.29) is 17.2 Å². The van der Waals surface area contributed by atoms with Crippen molar-refractivity contribution in [3.63, 3.8) is 0 Å². The normalized spacial score (nSPS) is 31.6. The van der Waals surface area contributed by atoms with Crippen LogP contribution in [0, 0.1) is 0 Å². The molecule has 3 nitrogen and oxygen atoms in total. The molecule has 1 N–H and O–H groups in total. The van der Waals surface area contributed by atoms with Gasteiger partial charge in [-0.1, -0.05) is 12.8 Å². The third-order valence-electron chi connectivity index (χ3n) is 4.52. The molecule has 0 spiro atoms. The zero-order valence-corrected chi connectivity index (χ0v) is 12.0. The number of nitrogens with zero attached hydrogens (tertiary/aromatic N) is 1. The van der Waals surface area contributed by atoms with Crippen molar-refractivity contribution in [3.05, 3.63) is 0 Å². The fourth-order valence-corrected chi connectivity index (χ4v) is 3.52. The number of nitrogens with one attached hydrogen (secondary N) is 1. The molecule has 3 rings (SSSR count). The molecule has 18 heavy (non-hydrogen) atoms. The molecule has 0 aromatic carbocycles. The fraction of sp³-hybridized carbons (Fsp3) is 0.929. The summed E-state index contributed by atoms with van der Waals surface area (Å²) < 4.78 is 0. The highest BCUT2D eigenvalue weighted by Gasteiger charge is 2.52. The van der Waals surface area contributed by atoms with Gasteiger partial charge in [0, 0.05) is 6.54 Å². The highest BCUT2D eigenvalue weighted by atomic mass is 35.5. The zero-order valence-electron chi connectivity index (χ0n) is 11.2. The van der Waals surface area contributed by atoms with E-state index in [9.17, 15) is 4.79 Å². The number of hydrogen-bond acceptors (Lipinski definition) is 3. The minimum atomic E-state index is -0.0955. The number of rotatable bonds is 2. The summed E-state index contributed by atoms with van der Waals surface area (Å²) in [5, 5.41) is 3.35. The molecule has 0 radical (unpaired) electrons. The van der Waals surface area contributed by atoms with Crippen molar-refractivity contribution in [2.45, 2.75) is 50.5 Å². The molecule has 0 aromatic rings. The van der Waals surface area contributed by atoms with Crippen molar-refractivity contribution in [2.24, 2.45) is 0 Å².